The molecule has 1 aromatic carbocycles. The van der Waals surface area contributed by atoms with Crippen LogP contribution in [0.15, 0.2) is 18.2 Å². The lowest BCUT2D eigenvalue weighted by Gasteiger charge is -2.37. The van der Waals surface area contributed by atoms with Gasteiger partial charge in [0, 0.05) is 39.3 Å². The maximum Gasteiger partial charge on any atom is 0.0825 e. The van der Waals surface area contributed by atoms with E-state index in [1.807, 2.05) is 18.2 Å². The van der Waals surface area contributed by atoms with Crippen LogP contribution in [0.1, 0.15) is 6.42 Å². The normalized spacial score (nSPS) is 18.0. The van der Waals surface area contributed by atoms with Crippen molar-refractivity contribution in [3.8, 4) is 0 Å². The zero-order valence-electron chi connectivity index (χ0n) is 12.1. The van der Waals surface area contributed by atoms with Crippen LogP contribution in [0.4, 0.5) is 5.69 Å². The first kappa shape index (κ1) is 16.8. The molecule has 0 bridgehead atoms. The molecule has 1 fully saturated rings. The van der Waals surface area contributed by atoms with E-state index in [0.29, 0.717) is 22.5 Å². The van der Waals surface area contributed by atoms with Crippen molar-refractivity contribution in [2.75, 3.05) is 50.8 Å². The monoisotopic (exact) mass is 331 g/mol. The number of hydrogen-bond acceptors (Lipinski definition) is 4. The van der Waals surface area contributed by atoms with Crippen LogP contribution in [0.3, 0.4) is 0 Å². The molecule has 2 rings (SSSR count). The predicted molar refractivity (Wildman–Crippen MR) is 89.4 cm³/mol. The fourth-order valence-electron chi connectivity index (χ4n) is 2.74. The molecule has 1 heterocycles. The molecule has 4 nitrogen and oxygen atoms in total. The molecule has 0 aromatic heterocycles. The molecular formula is C15H23Cl2N3O. The molecule has 3 N–H and O–H groups in total. The number of aliphatic hydroxyl groups excluding tert-OH is 1. The number of piperazine rings is 1. The van der Waals surface area contributed by atoms with E-state index < -0.39 is 0 Å². The first-order valence-corrected chi connectivity index (χ1v) is 8.13. The van der Waals surface area contributed by atoms with Crippen LogP contribution in [0.25, 0.3) is 0 Å². The molecule has 0 aliphatic carbocycles. The number of nitrogens with two attached hydrogens (primary N) is 1. The van der Waals surface area contributed by atoms with E-state index in [9.17, 15) is 0 Å². The molecule has 0 radical (unpaired) electrons. The van der Waals surface area contributed by atoms with Crippen molar-refractivity contribution in [1.29, 1.82) is 0 Å². The molecule has 0 amide bonds. The molecule has 1 aliphatic rings. The summed E-state index contributed by atoms with van der Waals surface area (Å²) in [5.41, 5.74) is 6.76. The second-order valence-electron chi connectivity index (χ2n) is 5.47. The average Bonchev–Trinajstić information content (AvgIpc) is 2.50. The van der Waals surface area contributed by atoms with Crippen molar-refractivity contribution in [3.63, 3.8) is 0 Å². The molecule has 0 saturated carbocycles. The van der Waals surface area contributed by atoms with Crippen LogP contribution in [0.5, 0.6) is 0 Å². The summed E-state index contributed by atoms with van der Waals surface area (Å²) in [6.45, 7) is 5.59. The number of aliphatic hydroxyl groups is 1. The molecule has 21 heavy (non-hydrogen) atoms. The molecule has 0 spiro atoms. The van der Waals surface area contributed by atoms with E-state index in [4.69, 9.17) is 34.0 Å². The van der Waals surface area contributed by atoms with Crippen LogP contribution in [-0.4, -0.2) is 55.9 Å². The Kier molecular flexibility index (Phi) is 6.58. The van der Waals surface area contributed by atoms with Crippen molar-refractivity contribution < 1.29 is 5.11 Å². The van der Waals surface area contributed by atoms with E-state index >= 15 is 0 Å². The third-order valence-electron chi connectivity index (χ3n) is 4.03. The first-order chi connectivity index (χ1) is 10.2. The van der Waals surface area contributed by atoms with Crippen LogP contribution < -0.4 is 10.6 Å². The van der Waals surface area contributed by atoms with Crippen LogP contribution >= 0.6 is 23.2 Å². The van der Waals surface area contributed by atoms with Crippen LogP contribution in [0.2, 0.25) is 10.0 Å². The van der Waals surface area contributed by atoms with Gasteiger partial charge >= 0.3 is 0 Å². The third kappa shape index (κ3) is 4.47. The van der Waals surface area contributed by atoms with Crippen molar-refractivity contribution in [3.05, 3.63) is 28.2 Å². The van der Waals surface area contributed by atoms with E-state index in [0.717, 1.165) is 44.8 Å². The van der Waals surface area contributed by atoms with Gasteiger partial charge in [-0.05, 0) is 31.0 Å². The Morgan fingerprint density at radius 3 is 2.52 bits per heavy atom. The van der Waals surface area contributed by atoms with Gasteiger partial charge in [0.05, 0.1) is 15.7 Å². The first-order valence-electron chi connectivity index (χ1n) is 7.38. The number of anilines is 1. The van der Waals surface area contributed by atoms with E-state index in [1.54, 1.807) is 0 Å². The van der Waals surface area contributed by atoms with Gasteiger partial charge in [-0.2, -0.15) is 0 Å². The Hall–Kier alpha value is -0.520. The molecule has 6 heteroatoms. The predicted octanol–water partition coefficient (Wildman–Crippen LogP) is 2.07. The largest absolute Gasteiger partial charge is 0.396 e. The van der Waals surface area contributed by atoms with Gasteiger partial charge in [-0.25, -0.2) is 0 Å². The van der Waals surface area contributed by atoms with Crippen LogP contribution in [0, 0.1) is 5.92 Å². The van der Waals surface area contributed by atoms with Gasteiger partial charge in [-0.1, -0.05) is 29.3 Å². The lowest BCUT2D eigenvalue weighted by atomic mass is 10.1. The summed E-state index contributed by atoms with van der Waals surface area (Å²) in [4.78, 5) is 4.68. The topological polar surface area (TPSA) is 52.7 Å². The van der Waals surface area contributed by atoms with Gasteiger partial charge in [-0.15, -0.1) is 0 Å². The highest BCUT2D eigenvalue weighted by molar-refractivity contribution is 6.43. The summed E-state index contributed by atoms with van der Waals surface area (Å²) in [5.74, 6) is 0.372. The zero-order valence-corrected chi connectivity index (χ0v) is 13.7. The Morgan fingerprint density at radius 2 is 1.90 bits per heavy atom. The standard InChI is InChI=1S/C15H23Cl2N3O/c16-13-2-1-3-14(15(13)17)20-7-5-19(6-8-20)11-12(10-18)4-9-21/h1-3,12,21H,4-11,18H2. The highest BCUT2D eigenvalue weighted by Gasteiger charge is 2.21. The summed E-state index contributed by atoms with van der Waals surface area (Å²) < 4.78 is 0. The van der Waals surface area contributed by atoms with E-state index in [1.165, 1.54) is 0 Å². The summed E-state index contributed by atoms with van der Waals surface area (Å²) in [6, 6.07) is 5.75. The van der Waals surface area contributed by atoms with Crippen LogP contribution in [-0.2, 0) is 0 Å². The lowest BCUT2D eigenvalue weighted by Crippen LogP contribution is -2.48. The quantitative estimate of drug-likeness (QED) is 0.837. The second kappa shape index (κ2) is 8.20. The summed E-state index contributed by atoms with van der Waals surface area (Å²) in [5, 5.41) is 10.3. The van der Waals surface area contributed by atoms with Crippen molar-refractivity contribution in [2.45, 2.75) is 6.42 Å². The second-order valence-corrected chi connectivity index (χ2v) is 6.26. The minimum absolute atomic E-state index is 0.208. The Morgan fingerprint density at radius 1 is 1.19 bits per heavy atom. The molecule has 1 aliphatic heterocycles. The van der Waals surface area contributed by atoms with Gasteiger partial charge in [0.1, 0.15) is 0 Å². The molecule has 1 aromatic rings. The number of hydrogen-bond donors (Lipinski definition) is 2. The summed E-state index contributed by atoms with van der Waals surface area (Å²) >= 11 is 12.4. The summed E-state index contributed by atoms with van der Waals surface area (Å²) in [7, 11) is 0. The third-order valence-corrected chi connectivity index (χ3v) is 4.84. The maximum absolute atomic E-state index is 9.04. The highest BCUT2D eigenvalue weighted by Crippen LogP contribution is 2.32. The number of halogens is 2. The molecule has 1 unspecified atom stereocenters. The Balaban J connectivity index is 1.89. The number of rotatable bonds is 6. The Labute approximate surface area is 136 Å². The zero-order chi connectivity index (χ0) is 15.2. The van der Waals surface area contributed by atoms with E-state index in [2.05, 4.69) is 9.80 Å². The minimum Gasteiger partial charge on any atom is -0.396 e. The fourth-order valence-corrected chi connectivity index (χ4v) is 3.15. The molecule has 118 valence electrons. The molecule has 1 atom stereocenters. The van der Waals surface area contributed by atoms with E-state index in [-0.39, 0.29) is 6.61 Å². The smallest absolute Gasteiger partial charge is 0.0825 e. The van der Waals surface area contributed by atoms with Crippen molar-refractivity contribution in [1.82, 2.24) is 4.90 Å². The average molecular weight is 332 g/mol. The van der Waals surface area contributed by atoms with Gasteiger partial charge in [-0.3, -0.25) is 4.90 Å². The number of nitrogens with zero attached hydrogens (tertiary/aromatic N) is 2. The van der Waals surface area contributed by atoms with Gasteiger partial charge < -0.3 is 15.7 Å². The van der Waals surface area contributed by atoms with Gasteiger partial charge in [0.25, 0.3) is 0 Å². The highest BCUT2D eigenvalue weighted by atomic mass is 35.5. The number of benzene rings is 1. The maximum atomic E-state index is 9.04. The van der Waals surface area contributed by atoms with Crippen molar-refractivity contribution in [2.24, 2.45) is 11.7 Å². The summed E-state index contributed by atoms with van der Waals surface area (Å²) in [6.07, 6.45) is 0.775. The van der Waals surface area contributed by atoms with Gasteiger partial charge in [0.2, 0.25) is 0 Å². The molecular weight excluding hydrogens is 309 g/mol. The minimum atomic E-state index is 0.208. The van der Waals surface area contributed by atoms with Gasteiger partial charge in [0.15, 0.2) is 0 Å². The van der Waals surface area contributed by atoms with Crippen molar-refractivity contribution >= 4 is 28.9 Å². The SMILES string of the molecule is NCC(CCO)CN1CCN(c2cccc(Cl)c2Cl)CC1. The Bertz CT molecular complexity index is 451. The fraction of sp³-hybridized carbons (Fsp3) is 0.600. The molecule has 1 saturated heterocycles. The lowest BCUT2D eigenvalue weighted by molar-refractivity contribution is 0.190.